The minimum Gasteiger partial charge on any atom is -0.496 e. The first-order valence-corrected chi connectivity index (χ1v) is 6.17. The first-order valence-electron chi connectivity index (χ1n) is 6.17. The summed E-state index contributed by atoms with van der Waals surface area (Å²) in [6, 6.07) is 5.05. The van der Waals surface area contributed by atoms with Crippen molar-refractivity contribution in [2.24, 2.45) is 0 Å². The van der Waals surface area contributed by atoms with Gasteiger partial charge in [-0.1, -0.05) is 6.08 Å². The SMILES string of the molecule is C=CCN(C(=O)c1ccc(N)cc1OC)C(C)(C)C. The van der Waals surface area contributed by atoms with E-state index >= 15 is 0 Å². The van der Waals surface area contributed by atoms with Crippen molar-refractivity contribution in [1.82, 2.24) is 4.90 Å². The van der Waals surface area contributed by atoms with Crippen molar-refractivity contribution in [2.45, 2.75) is 26.3 Å². The number of amides is 1. The van der Waals surface area contributed by atoms with Crippen molar-refractivity contribution in [3.8, 4) is 5.75 Å². The van der Waals surface area contributed by atoms with Crippen molar-refractivity contribution in [3.05, 3.63) is 36.4 Å². The van der Waals surface area contributed by atoms with Crippen LogP contribution in [0.1, 0.15) is 31.1 Å². The van der Waals surface area contributed by atoms with Crippen LogP contribution in [0.5, 0.6) is 5.75 Å². The predicted octanol–water partition coefficient (Wildman–Crippen LogP) is 2.70. The first kappa shape index (κ1) is 15.1. The van der Waals surface area contributed by atoms with E-state index in [2.05, 4.69) is 6.58 Å². The standard InChI is InChI=1S/C15H22N2O2/c1-6-9-17(15(2,3)4)14(18)12-8-7-11(16)10-13(12)19-5/h6-8,10H,1,9,16H2,2-5H3. The van der Waals surface area contributed by atoms with Gasteiger partial charge in [-0.25, -0.2) is 0 Å². The molecule has 2 N–H and O–H groups in total. The Hall–Kier alpha value is -1.97. The smallest absolute Gasteiger partial charge is 0.258 e. The molecule has 0 atom stereocenters. The molecule has 0 aliphatic carbocycles. The molecule has 4 nitrogen and oxygen atoms in total. The molecule has 1 amide bonds. The molecule has 0 spiro atoms. The van der Waals surface area contributed by atoms with Gasteiger partial charge in [0.1, 0.15) is 5.75 Å². The molecule has 1 rings (SSSR count). The largest absolute Gasteiger partial charge is 0.496 e. The van der Waals surface area contributed by atoms with E-state index in [0.717, 1.165) is 0 Å². The number of benzene rings is 1. The van der Waals surface area contributed by atoms with Crippen molar-refractivity contribution < 1.29 is 9.53 Å². The van der Waals surface area contributed by atoms with E-state index in [1.807, 2.05) is 20.8 Å². The van der Waals surface area contributed by atoms with Crippen LogP contribution in [0.3, 0.4) is 0 Å². The Balaban J connectivity index is 3.20. The first-order chi connectivity index (χ1) is 8.81. The number of anilines is 1. The van der Waals surface area contributed by atoms with E-state index in [1.54, 1.807) is 29.2 Å². The second kappa shape index (κ2) is 5.78. The van der Waals surface area contributed by atoms with Crippen molar-refractivity contribution in [1.29, 1.82) is 0 Å². The Morgan fingerprint density at radius 2 is 2.11 bits per heavy atom. The molecule has 0 unspecified atom stereocenters. The summed E-state index contributed by atoms with van der Waals surface area (Å²) in [6.45, 7) is 10.1. The van der Waals surface area contributed by atoms with E-state index in [1.165, 1.54) is 7.11 Å². The lowest BCUT2D eigenvalue weighted by molar-refractivity contribution is 0.0613. The molecular weight excluding hydrogens is 240 g/mol. The highest BCUT2D eigenvalue weighted by atomic mass is 16.5. The zero-order valence-electron chi connectivity index (χ0n) is 12.1. The van der Waals surface area contributed by atoms with Gasteiger partial charge in [0.05, 0.1) is 12.7 Å². The van der Waals surface area contributed by atoms with Crippen molar-refractivity contribution in [3.63, 3.8) is 0 Å². The fourth-order valence-electron chi connectivity index (χ4n) is 1.82. The summed E-state index contributed by atoms with van der Waals surface area (Å²) < 4.78 is 5.23. The van der Waals surface area contributed by atoms with Gasteiger partial charge in [-0.3, -0.25) is 4.79 Å². The molecule has 0 aliphatic rings. The molecule has 0 aliphatic heterocycles. The zero-order valence-corrected chi connectivity index (χ0v) is 12.1. The molecule has 0 fully saturated rings. The monoisotopic (exact) mass is 262 g/mol. The molecular formula is C15H22N2O2. The maximum absolute atomic E-state index is 12.6. The summed E-state index contributed by atoms with van der Waals surface area (Å²) in [5.41, 5.74) is 6.49. The number of nitrogens with two attached hydrogens (primary N) is 1. The fourth-order valence-corrected chi connectivity index (χ4v) is 1.82. The molecule has 0 bridgehead atoms. The average molecular weight is 262 g/mol. The molecule has 0 radical (unpaired) electrons. The van der Waals surface area contributed by atoms with Gasteiger partial charge < -0.3 is 15.4 Å². The molecule has 1 aromatic rings. The number of carbonyl (C=O) groups is 1. The Morgan fingerprint density at radius 1 is 1.47 bits per heavy atom. The van der Waals surface area contributed by atoms with Gasteiger partial charge in [-0.2, -0.15) is 0 Å². The predicted molar refractivity (Wildman–Crippen MR) is 78.4 cm³/mol. The van der Waals surface area contributed by atoms with Crippen LogP contribution < -0.4 is 10.5 Å². The number of methoxy groups -OCH3 is 1. The number of carbonyl (C=O) groups excluding carboxylic acids is 1. The maximum Gasteiger partial charge on any atom is 0.258 e. The number of hydrogen-bond donors (Lipinski definition) is 1. The number of rotatable bonds is 4. The molecule has 0 saturated heterocycles. The number of ether oxygens (including phenoxy) is 1. The Labute approximate surface area is 114 Å². The Bertz CT molecular complexity index is 476. The Kier molecular flexibility index (Phi) is 4.59. The van der Waals surface area contributed by atoms with Gasteiger partial charge in [-0.15, -0.1) is 6.58 Å². The van der Waals surface area contributed by atoms with Gasteiger partial charge in [0.25, 0.3) is 5.91 Å². The van der Waals surface area contributed by atoms with Crippen LogP contribution in [0.15, 0.2) is 30.9 Å². The molecule has 104 valence electrons. The molecule has 4 heteroatoms. The molecule has 1 aromatic carbocycles. The van der Waals surface area contributed by atoms with Gasteiger partial charge >= 0.3 is 0 Å². The van der Waals surface area contributed by atoms with Crippen LogP contribution in [-0.4, -0.2) is 30.0 Å². The number of nitrogen functional groups attached to an aromatic ring is 1. The highest BCUT2D eigenvalue weighted by Gasteiger charge is 2.28. The van der Waals surface area contributed by atoms with Gasteiger partial charge in [0, 0.05) is 23.8 Å². The Morgan fingerprint density at radius 3 is 2.58 bits per heavy atom. The lowest BCUT2D eigenvalue weighted by Crippen LogP contribution is -2.45. The summed E-state index contributed by atoms with van der Waals surface area (Å²) in [4.78, 5) is 14.4. The minimum absolute atomic E-state index is 0.0933. The third kappa shape index (κ3) is 3.50. The summed E-state index contributed by atoms with van der Waals surface area (Å²) >= 11 is 0. The second-order valence-corrected chi connectivity index (χ2v) is 5.33. The normalized spacial score (nSPS) is 10.9. The van der Waals surface area contributed by atoms with Gasteiger partial charge in [-0.05, 0) is 32.9 Å². The number of nitrogens with zero attached hydrogens (tertiary/aromatic N) is 1. The summed E-state index contributed by atoms with van der Waals surface area (Å²) in [7, 11) is 1.53. The molecule has 0 saturated carbocycles. The maximum atomic E-state index is 12.6. The van der Waals surface area contributed by atoms with Crippen LogP contribution in [0.2, 0.25) is 0 Å². The molecule has 0 aromatic heterocycles. The average Bonchev–Trinajstić information content (AvgIpc) is 2.33. The molecule has 0 heterocycles. The highest BCUT2D eigenvalue weighted by Crippen LogP contribution is 2.25. The highest BCUT2D eigenvalue weighted by molar-refractivity contribution is 5.98. The van der Waals surface area contributed by atoms with E-state index in [9.17, 15) is 4.79 Å². The lowest BCUT2D eigenvalue weighted by atomic mass is 10.0. The van der Waals surface area contributed by atoms with Gasteiger partial charge in [0.15, 0.2) is 0 Å². The quantitative estimate of drug-likeness (QED) is 0.670. The van der Waals surface area contributed by atoms with Crippen LogP contribution in [-0.2, 0) is 0 Å². The number of hydrogen-bond acceptors (Lipinski definition) is 3. The van der Waals surface area contributed by atoms with E-state index in [-0.39, 0.29) is 11.4 Å². The summed E-state index contributed by atoms with van der Waals surface area (Å²) in [6.07, 6.45) is 1.72. The van der Waals surface area contributed by atoms with Gasteiger partial charge in [0.2, 0.25) is 0 Å². The van der Waals surface area contributed by atoms with Crippen LogP contribution in [0.4, 0.5) is 5.69 Å². The second-order valence-electron chi connectivity index (χ2n) is 5.33. The molecule has 19 heavy (non-hydrogen) atoms. The van der Waals surface area contributed by atoms with E-state index in [0.29, 0.717) is 23.5 Å². The minimum atomic E-state index is -0.294. The topological polar surface area (TPSA) is 55.6 Å². The van der Waals surface area contributed by atoms with Crippen molar-refractivity contribution in [2.75, 3.05) is 19.4 Å². The van der Waals surface area contributed by atoms with E-state index < -0.39 is 0 Å². The third-order valence-corrected chi connectivity index (χ3v) is 2.82. The fraction of sp³-hybridized carbons (Fsp3) is 0.400. The van der Waals surface area contributed by atoms with Crippen LogP contribution >= 0.6 is 0 Å². The zero-order chi connectivity index (χ0) is 14.6. The van der Waals surface area contributed by atoms with Crippen molar-refractivity contribution >= 4 is 11.6 Å². The summed E-state index contributed by atoms with van der Waals surface area (Å²) in [5.74, 6) is 0.396. The van der Waals surface area contributed by atoms with E-state index in [4.69, 9.17) is 10.5 Å². The third-order valence-electron chi connectivity index (χ3n) is 2.82. The van der Waals surface area contributed by atoms with Crippen LogP contribution in [0.25, 0.3) is 0 Å². The lowest BCUT2D eigenvalue weighted by Gasteiger charge is -2.35. The van der Waals surface area contributed by atoms with Crippen LogP contribution in [0, 0.1) is 0 Å². The summed E-state index contributed by atoms with van der Waals surface area (Å²) in [5, 5.41) is 0.